The number of aryl methyl sites for hydroxylation is 1. The Morgan fingerprint density at radius 3 is 2.46 bits per heavy atom. The minimum Gasteiger partial charge on any atom is -0.374 e. The molecule has 0 saturated heterocycles. The summed E-state index contributed by atoms with van der Waals surface area (Å²) < 4.78 is 5.63. The van der Waals surface area contributed by atoms with Gasteiger partial charge in [0.25, 0.3) is 0 Å². The molecule has 0 amide bonds. The molecule has 144 valence electrons. The highest BCUT2D eigenvalue weighted by molar-refractivity contribution is 14.0. The summed E-state index contributed by atoms with van der Waals surface area (Å²) in [6.07, 6.45) is 0.252. The summed E-state index contributed by atoms with van der Waals surface area (Å²) in [5.74, 6) is 0.859. The molecule has 0 fully saturated rings. The van der Waals surface area contributed by atoms with Gasteiger partial charge < -0.3 is 15.0 Å². The molecule has 0 unspecified atom stereocenters. The van der Waals surface area contributed by atoms with Crippen LogP contribution in [0.15, 0.2) is 34.6 Å². The van der Waals surface area contributed by atoms with Crippen LogP contribution >= 0.6 is 35.3 Å². The lowest BCUT2D eigenvalue weighted by molar-refractivity contribution is 0.0657. The van der Waals surface area contributed by atoms with E-state index in [-0.39, 0.29) is 30.1 Å². The SMILES string of the molecule is CN=C(NCc1ccc(COC(C)C)cc1)N(C)Cc1csc(C)n1.I. The predicted octanol–water partition coefficient (Wildman–Crippen LogP) is 4.20. The van der Waals surface area contributed by atoms with Gasteiger partial charge in [0.15, 0.2) is 5.96 Å². The Kier molecular flexibility index (Phi) is 10.1. The Bertz CT molecular complexity index is 685. The topological polar surface area (TPSA) is 49.8 Å². The number of halogens is 1. The number of ether oxygens (including phenoxy) is 1. The Morgan fingerprint density at radius 2 is 1.92 bits per heavy atom. The highest BCUT2D eigenvalue weighted by atomic mass is 127. The van der Waals surface area contributed by atoms with Gasteiger partial charge >= 0.3 is 0 Å². The molecule has 1 aromatic carbocycles. The molecular formula is C19H29IN4OS. The third-order valence-corrected chi connectivity index (χ3v) is 4.52. The fourth-order valence-corrected chi connectivity index (χ4v) is 2.98. The third kappa shape index (κ3) is 7.59. The van der Waals surface area contributed by atoms with Crippen molar-refractivity contribution in [3.05, 3.63) is 51.5 Å². The van der Waals surface area contributed by atoms with Gasteiger partial charge in [-0.3, -0.25) is 4.99 Å². The molecule has 0 spiro atoms. The number of nitrogens with zero attached hydrogens (tertiary/aromatic N) is 3. The maximum atomic E-state index is 5.63. The van der Waals surface area contributed by atoms with Crippen LogP contribution in [0.3, 0.4) is 0 Å². The van der Waals surface area contributed by atoms with Crippen molar-refractivity contribution in [3.63, 3.8) is 0 Å². The molecule has 0 aliphatic heterocycles. The molecule has 0 aliphatic rings. The van der Waals surface area contributed by atoms with E-state index in [0.29, 0.717) is 6.61 Å². The summed E-state index contributed by atoms with van der Waals surface area (Å²) in [7, 11) is 3.83. The van der Waals surface area contributed by atoms with Gasteiger partial charge in [0, 0.05) is 26.0 Å². The molecule has 2 rings (SSSR count). The normalized spacial score (nSPS) is 11.4. The van der Waals surface area contributed by atoms with Crippen LogP contribution < -0.4 is 5.32 Å². The lowest BCUT2D eigenvalue weighted by Crippen LogP contribution is -2.38. The first kappa shape index (κ1) is 22.9. The van der Waals surface area contributed by atoms with Crippen LogP contribution in [0.2, 0.25) is 0 Å². The second-order valence-corrected chi connectivity index (χ2v) is 7.35. The van der Waals surface area contributed by atoms with Gasteiger partial charge in [-0.25, -0.2) is 4.98 Å². The predicted molar refractivity (Wildman–Crippen MR) is 120 cm³/mol. The summed E-state index contributed by atoms with van der Waals surface area (Å²) in [5, 5.41) is 6.59. The molecule has 5 nitrogen and oxygen atoms in total. The molecule has 1 N–H and O–H groups in total. The van der Waals surface area contributed by atoms with Gasteiger partial charge in [-0.15, -0.1) is 35.3 Å². The van der Waals surface area contributed by atoms with Crippen molar-refractivity contribution >= 4 is 41.3 Å². The van der Waals surface area contributed by atoms with Crippen LogP contribution in [0.1, 0.15) is 35.7 Å². The number of nitrogens with one attached hydrogen (secondary N) is 1. The van der Waals surface area contributed by atoms with Crippen LogP contribution in [-0.4, -0.2) is 36.0 Å². The minimum absolute atomic E-state index is 0. The Hall–Kier alpha value is -1.19. The maximum Gasteiger partial charge on any atom is 0.194 e. The van der Waals surface area contributed by atoms with E-state index >= 15 is 0 Å². The average Bonchev–Trinajstić information content (AvgIpc) is 2.99. The van der Waals surface area contributed by atoms with Gasteiger partial charge in [0.1, 0.15) is 0 Å². The van der Waals surface area contributed by atoms with Gasteiger partial charge in [0.2, 0.25) is 0 Å². The van der Waals surface area contributed by atoms with E-state index in [0.717, 1.165) is 29.8 Å². The largest absolute Gasteiger partial charge is 0.374 e. The second kappa shape index (κ2) is 11.5. The number of thiazole rings is 1. The van der Waals surface area contributed by atoms with E-state index in [1.165, 1.54) is 11.1 Å². The summed E-state index contributed by atoms with van der Waals surface area (Å²) in [6, 6.07) is 8.49. The minimum atomic E-state index is 0. The number of hydrogen-bond donors (Lipinski definition) is 1. The molecule has 7 heteroatoms. The molecule has 0 atom stereocenters. The monoisotopic (exact) mass is 488 g/mol. The van der Waals surface area contributed by atoms with Gasteiger partial charge in [-0.2, -0.15) is 0 Å². The molecule has 0 bridgehead atoms. The summed E-state index contributed by atoms with van der Waals surface area (Å²) >= 11 is 1.67. The molecule has 2 aromatic rings. The highest BCUT2D eigenvalue weighted by Crippen LogP contribution is 2.10. The van der Waals surface area contributed by atoms with Crippen molar-refractivity contribution in [1.29, 1.82) is 0 Å². The summed E-state index contributed by atoms with van der Waals surface area (Å²) in [5.41, 5.74) is 3.48. The van der Waals surface area contributed by atoms with E-state index in [9.17, 15) is 0 Å². The first-order chi connectivity index (χ1) is 12.0. The standard InChI is InChI=1S/C19H28N4OS.HI/c1-14(2)24-12-17-8-6-16(7-9-17)10-21-19(20-4)23(5)11-18-13-25-15(3)22-18;/h6-9,13-14H,10-12H2,1-5H3,(H,20,21);1H. The molecule has 0 aliphatic carbocycles. The van der Waals surface area contributed by atoms with E-state index < -0.39 is 0 Å². The zero-order valence-electron chi connectivity index (χ0n) is 16.2. The smallest absolute Gasteiger partial charge is 0.194 e. The lowest BCUT2D eigenvalue weighted by Gasteiger charge is -2.21. The van der Waals surface area contributed by atoms with Crippen molar-refractivity contribution in [2.45, 2.75) is 46.6 Å². The van der Waals surface area contributed by atoms with Crippen molar-refractivity contribution in [2.75, 3.05) is 14.1 Å². The molecule has 26 heavy (non-hydrogen) atoms. The third-order valence-electron chi connectivity index (χ3n) is 3.70. The molecule has 1 aromatic heterocycles. The quantitative estimate of drug-likeness (QED) is 0.361. The van der Waals surface area contributed by atoms with E-state index in [1.807, 2.05) is 27.8 Å². The molecule has 0 saturated carbocycles. The van der Waals surface area contributed by atoms with Crippen LogP contribution in [0, 0.1) is 6.92 Å². The molecular weight excluding hydrogens is 459 g/mol. The fraction of sp³-hybridized carbons (Fsp3) is 0.474. The van der Waals surface area contributed by atoms with Gasteiger partial charge in [0.05, 0.1) is 30.0 Å². The molecule has 0 radical (unpaired) electrons. The second-order valence-electron chi connectivity index (χ2n) is 6.29. The lowest BCUT2D eigenvalue weighted by atomic mass is 10.1. The van der Waals surface area contributed by atoms with Gasteiger partial charge in [-0.1, -0.05) is 24.3 Å². The van der Waals surface area contributed by atoms with E-state index in [2.05, 4.69) is 49.8 Å². The zero-order chi connectivity index (χ0) is 18.2. The van der Waals surface area contributed by atoms with Crippen molar-refractivity contribution in [3.8, 4) is 0 Å². The van der Waals surface area contributed by atoms with Gasteiger partial charge in [-0.05, 0) is 31.9 Å². The van der Waals surface area contributed by atoms with E-state index in [1.54, 1.807) is 18.4 Å². The number of aromatic nitrogens is 1. The van der Waals surface area contributed by atoms with Crippen LogP contribution in [-0.2, 0) is 24.4 Å². The molecule has 1 heterocycles. The number of rotatable bonds is 7. The number of benzene rings is 1. The first-order valence-electron chi connectivity index (χ1n) is 8.50. The van der Waals surface area contributed by atoms with Crippen molar-refractivity contribution in [1.82, 2.24) is 15.2 Å². The maximum absolute atomic E-state index is 5.63. The zero-order valence-corrected chi connectivity index (χ0v) is 19.3. The Labute approximate surface area is 177 Å². The average molecular weight is 488 g/mol. The number of guanidine groups is 1. The van der Waals surface area contributed by atoms with Crippen LogP contribution in [0.4, 0.5) is 0 Å². The first-order valence-corrected chi connectivity index (χ1v) is 9.38. The van der Waals surface area contributed by atoms with Crippen molar-refractivity contribution in [2.24, 2.45) is 4.99 Å². The summed E-state index contributed by atoms with van der Waals surface area (Å²) in [6.45, 7) is 8.26. The number of hydrogen-bond acceptors (Lipinski definition) is 4. The Morgan fingerprint density at radius 1 is 1.27 bits per heavy atom. The number of aliphatic imine (C=N–C) groups is 1. The Balaban J connectivity index is 0.00000338. The fourth-order valence-electron chi connectivity index (χ4n) is 2.38. The summed E-state index contributed by atoms with van der Waals surface area (Å²) in [4.78, 5) is 10.9. The van der Waals surface area contributed by atoms with E-state index in [4.69, 9.17) is 4.74 Å². The highest BCUT2D eigenvalue weighted by Gasteiger charge is 2.08. The van der Waals surface area contributed by atoms with Crippen LogP contribution in [0.5, 0.6) is 0 Å². The van der Waals surface area contributed by atoms with Crippen LogP contribution in [0.25, 0.3) is 0 Å². The van der Waals surface area contributed by atoms with Crippen molar-refractivity contribution < 1.29 is 4.74 Å².